The molecule has 0 saturated heterocycles. The van der Waals surface area contributed by atoms with Crippen LogP contribution in [0.4, 0.5) is 5.69 Å². The molecule has 1 N–H and O–H groups in total. The highest BCUT2D eigenvalue weighted by Crippen LogP contribution is 2.33. The van der Waals surface area contributed by atoms with Gasteiger partial charge in [-0.15, -0.1) is 0 Å². The fourth-order valence-electron chi connectivity index (χ4n) is 2.32. The molecule has 3 rings (SSSR count). The van der Waals surface area contributed by atoms with Crippen molar-refractivity contribution in [1.29, 1.82) is 0 Å². The molecule has 0 radical (unpaired) electrons. The van der Waals surface area contributed by atoms with Gasteiger partial charge in [-0.2, -0.15) is 0 Å². The van der Waals surface area contributed by atoms with Crippen LogP contribution in [0.2, 0.25) is 0 Å². The Bertz CT molecular complexity index is 513. The zero-order valence-corrected chi connectivity index (χ0v) is 10.2. The van der Waals surface area contributed by atoms with Gasteiger partial charge in [0.25, 0.3) is 0 Å². The molecule has 1 aromatic carbocycles. The molecule has 2 aliphatic heterocycles. The zero-order chi connectivity index (χ0) is 12.5. The number of anilines is 1. The van der Waals surface area contributed by atoms with E-state index in [1.165, 1.54) is 0 Å². The molecule has 0 fully saturated rings. The molecule has 1 atom stereocenters. The number of hydrogen-bond donors (Lipinski definition) is 1. The van der Waals surface area contributed by atoms with Crippen LogP contribution in [0.25, 0.3) is 0 Å². The van der Waals surface area contributed by atoms with Crippen LogP contribution in [0.15, 0.2) is 23.2 Å². The Kier molecular flexibility index (Phi) is 2.66. The highest BCUT2D eigenvalue weighted by atomic mass is 16.5. The number of benzene rings is 1. The molecule has 5 nitrogen and oxygen atoms in total. The summed E-state index contributed by atoms with van der Waals surface area (Å²) in [6, 6.07) is 5.46. The zero-order valence-electron chi connectivity index (χ0n) is 10.2. The van der Waals surface area contributed by atoms with Gasteiger partial charge in [-0.05, 0) is 18.2 Å². The molecule has 0 spiro atoms. The van der Waals surface area contributed by atoms with E-state index in [-0.39, 0.29) is 6.10 Å². The summed E-state index contributed by atoms with van der Waals surface area (Å²) in [7, 11) is 2.00. The van der Waals surface area contributed by atoms with E-state index in [2.05, 4.69) is 15.2 Å². The van der Waals surface area contributed by atoms with Crippen LogP contribution in [0.1, 0.15) is 10.4 Å². The molecule has 0 aromatic heterocycles. The minimum Gasteiger partial charge on any atom is -0.478 e. The van der Waals surface area contributed by atoms with Crippen molar-refractivity contribution in [3.05, 3.63) is 23.8 Å². The molecule has 0 amide bonds. The molecule has 0 bridgehead atoms. The summed E-state index contributed by atoms with van der Waals surface area (Å²) in [5, 5.41) is 3.24. The van der Waals surface area contributed by atoms with E-state index in [0.717, 1.165) is 43.2 Å². The first kappa shape index (κ1) is 11.1. The lowest BCUT2D eigenvalue weighted by Crippen LogP contribution is -2.46. The fourth-order valence-corrected chi connectivity index (χ4v) is 2.32. The van der Waals surface area contributed by atoms with Crippen LogP contribution in [-0.2, 0) is 0 Å². The number of carbonyl (C=O) groups is 1. The van der Waals surface area contributed by atoms with Crippen molar-refractivity contribution >= 4 is 17.8 Å². The average Bonchev–Trinajstić information content (AvgIpc) is 2.92. The number of amidine groups is 1. The van der Waals surface area contributed by atoms with Crippen molar-refractivity contribution < 1.29 is 9.53 Å². The second-order valence-corrected chi connectivity index (χ2v) is 4.53. The third kappa shape index (κ3) is 1.81. The summed E-state index contributed by atoms with van der Waals surface area (Å²) >= 11 is 0. The molecular formula is C13H15N3O2. The number of likely N-dealkylation sites (N-methyl/N-ethyl adjacent to an activating group) is 1. The van der Waals surface area contributed by atoms with E-state index in [1.807, 2.05) is 19.2 Å². The molecule has 18 heavy (non-hydrogen) atoms. The quantitative estimate of drug-likeness (QED) is 0.779. The Balaban J connectivity index is 1.90. The number of aliphatic imine (C=N–C) groups is 1. The summed E-state index contributed by atoms with van der Waals surface area (Å²) in [5.41, 5.74) is 1.62. The number of fused-ring (bicyclic) bond motifs is 1. The SMILES string of the molecule is CN1CC(C2=NCCN2)Oc2ccc(C=O)cc21. The lowest BCUT2D eigenvalue weighted by atomic mass is 10.1. The molecule has 2 aliphatic rings. The number of ether oxygens (including phenoxy) is 1. The summed E-state index contributed by atoms with van der Waals surface area (Å²) in [6.07, 6.45) is 0.801. The maximum absolute atomic E-state index is 10.8. The summed E-state index contributed by atoms with van der Waals surface area (Å²) < 4.78 is 5.93. The standard InChI is InChI=1S/C13H15N3O2/c1-16-7-12(13-14-4-5-15-13)18-11-3-2-9(8-17)6-10(11)16/h2-3,6,8,12H,4-5,7H2,1H3,(H,14,15). The van der Waals surface area contributed by atoms with Crippen LogP contribution in [0.3, 0.4) is 0 Å². The van der Waals surface area contributed by atoms with Crippen LogP contribution in [0, 0.1) is 0 Å². The highest BCUT2D eigenvalue weighted by Gasteiger charge is 2.28. The molecule has 94 valence electrons. The van der Waals surface area contributed by atoms with Crippen LogP contribution in [-0.4, -0.2) is 44.9 Å². The summed E-state index contributed by atoms with van der Waals surface area (Å²) in [5.74, 6) is 1.72. The first-order chi connectivity index (χ1) is 8.78. The van der Waals surface area contributed by atoms with E-state index in [1.54, 1.807) is 6.07 Å². The molecule has 0 saturated carbocycles. The molecule has 1 unspecified atom stereocenters. The Morgan fingerprint density at radius 1 is 1.56 bits per heavy atom. The largest absolute Gasteiger partial charge is 0.478 e. The third-order valence-corrected chi connectivity index (χ3v) is 3.24. The van der Waals surface area contributed by atoms with E-state index < -0.39 is 0 Å². The van der Waals surface area contributed by atoms with Gasteiger partial charge in [-0.25, -0.2) is 0 Å². The Morgan fingerprint density at radius 3 is 3.17 bits per heavy atom. The molecule has 0 aliphatic carbocycles. The minimum absolute atomic E-state index is 0.0490. The predicted molar refractivity (Wildman–Crippen MR) is 69.8 cm³/mol. The van der Waals surface area contributed by atoms with Gasteiger partial charge < -0.3 is 15.0 Å². The summed E-state index contributed by atoms with van der Waals surface area (Å²) in [4.78, 5) is 17.3. The number of hydrogen-bond acceptors (Lipinski definition) is 5. The number of rotatable bonds is 2. The Hall–Kier alpha value is -2.04. The monoisotopic (exact) mass is 245 g/mol. The Labute approximate surface area is 105 Å². The topological polar surface area (TPSA) is 53.9 Å². The van der Waals surface area contributed by atoms with Gasteiger partial charge in [-0.3, -0.25) is 9.79 Å². The van der Waals surface area contributed by atoms with Crippen molar-refractivity contribution in [2.75, 3.05) is 31.6 Å². The van der Waals surface area contributed by atoms with Gasteiger partial charge in [0.2, 0.25) is 0 Å². The minimum atomic E-state index is -0.0490. The van der Waals surface area contributed by atoms with E-state index in [4.69, 9.17) is 4.74 Å². The third-order valence-electron chi connectivity index (χ3n) is 3.24. The van der Waals surface area contributed by atoms with Gasteiger partial charge in [0.05, 0.1) is 18.8 Å². The van der Waals surface area contributed by atoms with Crippen molar-refractivity contribution in [3.8, 4) is 5.75 Å². The molecule has 2 heterocycles. The maximum Gasteiger partial charge on any atom is 0.173 e. The number of nitrogens with one attached hydrogen (secondary N) is 1. The predicted octanol–water partition coefficient (Wildman–Crippen LogP) is 0.698. The van der Waals surface area contributed by atoms with Gasteiger partial charge in [0, 0.05) is 19.2 Å². The van der Waals surface area contributed by atoms with Crippen molar-refractivity contribution in [1.82, 2.24) is 5.32 Å². The van der Waals surface area contributed by atoms with Gasteiger partial charge in [-0.1, -0.05) is 0 Å². The smallest absolute Gasteiger partial charge is 0.173 e. The van der Waals surface area contributed by atoms with Crippen molar-refractivity contribution in [3.63, 3.8) is 0 Å². The molecule has 5 heteroatoms. The first-order valence-corrected chi connectivity index (χ1v) is 6.03. The maximum atomic E-state index is 10.8. The van der Waals surface area contributed by atoms with Crippen molar-refractivity contribution in [2.45, 2.75) is 6.10 Å². The second kappa shape index (κ2) is 4.33. The second-order valence-electron chi connectivity index (χ2n) is 4.53. The Morgan fingerprint density at radius 2 is 2.44 bits per heavy atom. The van der Waals surface area contributed by atoms with Gasteiger partial charge in [0.1, 0.15) is 17.9 Å². The molecule has 1 aromatic rings. The fraction of sp³-hybridized carbons (Fsp3) is 0.385. The normalized spacial score (nSPS) is 21.7. The first-order valence-electron chi connectivity index (χ1n) is 6.03. The summed E-state index contributed by atoms with van der Waals surface area (Å²) in [6.45, 7) is 2.44. The number of aldehydes is 1. The average molecular weight is 245 g/mol. The number of carbonyl (C=O) groups excluding carboxylic acids is 1. The van der Waals surface area contributed by atoms with Gasteiger partial charge >= 0.3 is 0 Å². The van der Waals surface area contributed by atoms with Crippen LogP contribution in [0.5, 0.6) is 5.75 Å². The van der Waals surface area contributed by atoms with Crippen molar-refractivity contribution in [2.24, 2.45) is 4.99 Å². The van der Waals surface area contributed by atoms with Gasteiger partial charge in [0.15, 0.2) is 6.10 Å². The highest BCUT2D eigenvalue weighted by molar-refractivity contribution is 5.90. The molecular weight excluding hydrogens is 230 g/mol. The van der Waals surface area contributed by atoms with E-state index in [0.29, 0.717) is 5.56 Å². The lowest BCUT2D eigenvalue weighted by molar-refractivity contribution is 0.112. The van der Waals surface area contributed by atoms with Crippen LogP contribution < -0.4 is 15.0 Å². The van der Waals surface area contributed by atoms with Crippen LogP contribution >= 0.6 is 0 Å². The number of nitrogens with zero attached hydrogens (tertiary/aromatic N) is 2. The van der Waals surface area contributed by atoms with E-state index >= 15 is 0 Å². The van der Waals surface area contributed by atoms with E-state index in [9.17, 15) is 4.79 Å². The lowest BCUT2D eigenvalue weighted by Gasteiger charge is -2.33.